The van der Waals surface area contributed by atoms with E-state index in [-0.39, 0.29) is 18.0 Å². The molecule has 172 valence electrons. The van der Waals surface area contributed by atoms with E-state index in [1.807, 2.05) is 0 Å². The molecule has 2 aromatic carbocycles. The number of hydrogen-bond acceptors (Lipinski definition) is 6. The van der Waals surface area contributed by atoms with Crippen LogP contribution in [0.4, 0.5) is 4.39 Å². The van der Waals surface area contributed by atoms with Gasteiger partial charge in [0.25, 0.3) is 0 Å². The van der Waals surface area contributed by atoms with Gasteiger partial charge in [0.1, 0.15) is 23.1 Å². The third-order valence-electron chi connectivity index (χ3n) is 5.23. The molecule has 1 saturated heterocycles. The van der Waals surface area contributed by atoms with Crippen LogP contribution in [0.15, 0.2) is 41.3 Å². The van der Waals surface area contributed by atoms with Crippen molar-refractivity contribution in [1.29, 1.82) is 0 Å². The Bertz CT molecular complexity index is 1110. The minimum Gasteiger partial charge on any atom is -0.493 e. The summed E-state index contributed by atoms with van der Waals surface area (Å²) in [6.07, 6.45) is 2.35. The van der Waals surface area contributed by atoms with Crippen molar-refractivity contribution in [3.8, 4) is 5.75 Å². The number of carbonyl (C=O) groups is 2. The summed E-state index contributed by atoms with van der Waals surface area (Å²) in [5.41, 5.74) is 0.857. The maximum atomic E-state index is 14.4. The molecule has 9 heteroatoms. The molecule has 1 fully saturated rings. The zero-order valence-corrected chi connectivity index (χ0v) is 18.9. The molecule has 0 amide bonds. The van der Waals surface area contributed by atoms with E-state index in [0.717, 1.165) is 18.6 Å². The lowest BCUT2D eigenvalue weighted by molar-refractivity contribution is 0.0469. The lowest BCUT2D eigenvalue weighted by Gasteiger charge is -2.26. The molecule has 1 aliphatic heterocycles. The first-order valence-corrected chi connectivity index (χ1v) is 11.9. The van der Waals surface area contributed by atoms with Gasteiger partial charge in [0.2, 0.25) is 10.0 Å². The SMILES string of the molecule is CCOc1ccc(C(C)=O)cc1COC(=O)c1ccc(F)c(S(=O)(=O)N2CCCCC2)c1. The second-order valence-corrected chi connectivity index (χ2v) is 9.40. The van der Waals surface area contributed by atoms with Crippen LogP contribution in [0, 0.1) is 5.82 Å². The van der Waals surface area contributed by atoms with Crippen LogP contribution >= 0.6 is 0 Å². The predicted molar refractivity (Wildman–Crippen MR) is 116 cm³/mol. The number of Topliss-reactive ketones (excluding diaryl/α,β-unsaturated/α-hetero) is 1. The van der Waals surface area contributed by atoms with Gasteiger partial charge in [-0.15, -0.1) is 0 Å². The third-order valence-corrected chi connectivity index (χ3v) is 7.14. The van der Waals surface area contributed by atoms with E-state index in [4.69, 9.17) is 9.47 Å². The van der Waals surface area contributed by atoms with E-state index in [1.165, 1.54) is 17.3 Å². The lowest BCUT2D eigenvalue weighted by Crippen LogP contribution is -2.36. The predicted octanol–water partition coefficient (Wildman–Crippen LogP) is 3.96. The number of nitrogens with zero attached hydrogens (tertiary/aromatic N) is 1. The van der Waals surface area contributed by atoms with E-state index in [9.17, 15) is 22.4 Å². The van der Waals surface area contributed by atoms with Crippen LogP contribution in [0.2, 0.25) is 0 Å². The average molecular weight is 464 g/mol. The minimum absolute atomic E-state index is 0.0809. The number of ether oxygens (including phenoxy) is 2. The number of ketones is 1. The molecule has 7 nitrogen and oxygen atoms in total. The second kappa shape index (κ2) is 10.2. The fourth-order valence-corrected chi connectivity index (χ4v) is 5.11. The van der Waals surface area contributed by atoms with Gasteiger partial charge in [0.05, 0.1) is 12.2 Å². The number of sulfonamides is 1. The monoisotopic (exact) mass is 463 g/mol. The fraction of sp³-hybridized carbons (Fsp3) is 0.391. The quantitative estimate of drug-likeness (QED) is 0.435. The Balaban J connectivity index is 1.81. The highest BCUT2D eigenvalue weighted by Crippen LogP contribution is 2.25. The molecule has 0 radical (unpaired) electrons. The van der Waals surface area contributed by atoms with Crippen molar-refractivity contribution >= 4 is 21.8 Å². The number of carbonyl (C=O) groups excluding carboxylic acids is 2. The summed E-state index contributed by atoms with van der Waals surface area (Å²) in [6, 6.07) is 7.98. The molecular weight excluding hydrogens is 437 g/mol. The van der Waals surface area contributed by atoms with Crippen LogP contribution < -0.4 is 4.74 Å². The summed E-state index contributed by atoms with van der Waals surface area (Å²) >= 11 is 0. The fourth-order valence-electron chi connectivity index (χ4n) is 3.51. The van der Waals surface area contributed by atoms with E-state index >= 15 is 0 Å². The molecule has 0 N–H and O–H groups in total. The largest absolute Gasteiger partial charge is 0.493 e. The van der Waals surface area contributed by atoms with Crippen molar-refractivity contribution in [1.82, 2.24) is 4.31 Å². The van der Waals surface area contributed by atoms with Crippen LogP contribution in [0.5, 0.6) is 5.75 Å². The minimum atomic E-state index is -4.05. The van der Waals surface area contributed by atoms with E-state index in [1.54, 1.807) is 25.1 Å². The van der Waals surface area contributed by atoms with Crippen molar-refractivity contribution in [2.24, 2.45) is 0 Å². The van der Waals surface area contributed by atoms with Gasteiger partial charge in [-0.05, 0) is 63.1 Å². The van der Waals surface area contributed by atoms with E-state index in [0.29, 0.717) is 49.4 Å². The Labute approximate surface area is 187 Å². The first-order valence-electron chi connectivity index (χ1n) is 10.5. The molecule has 2 aromatic rings. The summed E-state index contributed by atoms with van der Waals surface area (Å²) in [6.45, 7) is 4.06. The van der Waals surface area contributed by atoms with Gasteiger partial charge in [-0.2, -0.15) is 4.31 Å². The summed E-state index contributed by atoms with van der Waals surface area (Å²) in [5.74, 6) is -1.40. The Morgan fingerprint density at radius 3 is 2.38 bits per heavy atom. The first kappa shape index (κ1) is 23.9. The van der Waals surface area contributed by atoms with Crippen molar-refractivity contribution in [3.05, 3.63) is 58.9 Å². The first-order chi connectivity index (χ1) is 15.2. The van der Waals surface area contributed by atoms with E-state index in [2.05, 4.69) is 0 Å². The Hall–Kier alpha value is -2.78. The summed E-state index contributed by atoms with van der Waals surface area (Å²) in [5, 5.41) is 0. The zero-order chi connectivity index (χ0) is 23.3. The molecule has 0 aromatic heterocycles. The molecule has 0 aliphatic carbocycles. The normalized spacial score (nSPS) is 14.7. The summed E-state index contributed by atoms with van der Waals surface area (Å²) in [7, 11) is -4.05. The molecular formula is C23H26FNO6S. The van der Waals surface area contributed by atoms with Crippen LogP contribution in [0.1, 0.15) is 59.4 Å². The van der Waals surface area contributed by atoms with Gasteiger partial charge >= 0.3 is 5.97 Å². The zero-order valence-electron chi connectivity index (χ0n) is 18.1. The van der Waals surface area contributed by atoms with Gasteiger partial charge in [0.15, 0.2) is 5.78 Å². The maximum Gasteiger partial charge on any atom is 0.338 e. The van der Waals surface area contributed by atoms with Gasteiger partial charge in [-0.1, -0.05) is 6.42 Å². The standard InChI is InChI=1S/C23H26FNO6S/c1-3-30-21-10-8-17(16(2)26)13-19(21)15-31-23(27)18-7-9-20(24)22(14-18)32(28,29)25-11-5-4-6-12-25/h7-10,13-14H,3-6,11-12,15H2,1-2H3. The van der Waals surface area contributed by atoms with Crippen molar-refractivity contribution in [3.63, 3.8) is 0 Å². The third kappa shape index (κ3) is 5.34. The van der Waals surface area contributed by atoms with Gasteiger partial charge in [-0.25, -0.2) is 17.6 Å². The number of benzene rings is 2. The van der Waals surface area contributed by atoms with Crippen LogP contribution in [0.3, 0.4) is 0 Å². The Kier molecular flexibility index (Phi) is 7.63. The highest BCUT2D eigenvalue weighted by atomic mass is 32.2. The molecule has 1 aliphatic rings. The molecule has 0 saturated carbocycles. The molecule has 0 spiro atoms. The van der Waals surface area contributed by atoms with E-state index < -0.39 is 26.7 Å². The van der Waals surface area contributed by atoms with Crippen LogP contribution in [0.25, 0.3) is 0 Å². The highest BCUT2D eigenvalue weighted by Gasteiger charge is 2.29. The molecule has 3 rings (SSSR count). The summed E-state index contributed by atoms with van der Waals surface area (Å²) in [4.78, 5) is 23.7. The Morgan fingerprint density at radius 1 is 1.03 bits per heavy atom. The second-order valence-electron chi connectivity index (χ2n) is 7.50. The van der Waals surface area contributed by atoms with Gasteiger partial charge < -0.3 is 9.47 Å². The topological polar surface area (TPSA) is 90.0 Å². The number of hydrogen-bond donors (Lipinski definition) is 0. The summed E-state index contributed by atoms with van der Waals surface area (Å²) < 4.78 is 52.2. The molecule has 0 bridgehead atoms. The van der Waals surface area contributed by atoms with Crippen molar-refractivity contribution in [2.45, 2.75) is 44.6 Å². The lowest BCUT2D eigenvalue weighted by atomic mass is 10.1. The smallest absolute Gasteiger partial charge is 0.338 e. The number of halogens is 1. The maximum absolute atomic E-state index is 14.4. The average Bonchev–Trinajstić information content (AvgIpc) is 2.79. The number of rotatable bonds is 8. The number of esters is 1. The van der Waals surface area contributed by atoms with Gasteiger partial charge in [0, 0.05) is 24.2 Å². The van der Waals surface area contributed by atoms with Crippen LogP contribution in [-0.4, -0.2) is 44.2 Å². The van der Waals surface area contributed by atoms with Crippen LogP contribution in [-0.2, 0) is 21.4 Å². The van der Waals surface area contributed by atoms with Gasteiger partial charge in [-0.3, -0.25) is 4.79 Å². The molecule has 32 heavy (non-hydrogen) atoms. The molecule has 1 heterocycles. The molecule has 0 atom stereocenters. The molecule has 0 unspecified atom stereocenters. The number of piperidine rings is 1. The highest BCUT2D eigenvalue weighted by molar-refractivity contribution is 7.89. The van der Waals surface area contributed by atoms with Crippen molar-refractivity contribution < 1.29 is 31.9 Å². The Morgan fingerprint density at radius 2 is 1.72 bits per heavy atom. The van der Waals surface area contributed by atoms with Crippen molar-refractivity contribution in [2.75, 3.05) is 19.7 Å².